The number of nitrogens with one attached hydrogen (secondary N) is 1. The fourth-order valence-electron chi connectivity index (χ4n) is 4.06. The van der Waals surface area contributed by atoms with E-state index in [9.17, 15) is 14.7 Å². The van der Waals surface area contributed by atoms with Gasteiger partial charge in [0, 0.05) is 11.8 Å². The van der Waals surface area contributed by atoms with Crippen LogP contribution in [0.15, 0.2) is 66.4 Å². The van der Waals surface area contributed by atoms with Crippen LogP contribution in [-0.4, -0.2) is 38.9 Å². The molecular formula is C25H19ClN4O4. The average molecular weight is 475 g/mol. The molecule has 3 heterocycles. The number of imidazole rings is 1. The van der Waals surface area contributed by atoms with E-state index < -0.39 is 17.7 Å². The Morgan fingerprint density at radius 3 is 2.68 bits per heavy atom. The van der Waals surface area contributed by atoms with Gasteiger partial charge in [0.05, 0.1) is 34.4 Å². The van der Waals surface area contributed by atoms with Crippen molar-refractivity contribution in [3.05, 3.63) is 88.2 Å². The SMILES string of the molecule is COc1ccc(/C(O)=C2\C(=O)C(=O)N(c3nc4ccc(C)cc4[nH]3)C2c2ccccn2)cc1Cl. The number of hydrogen-bond acceptors (Lipinski definition) is 6. The number of pyridine rings is 1. The summed E-state index contributed by atoms with van der Waals surface area (Å²) in [5.74, 6) is -1.44. The minimum absolute atomic E-state index is 0.110. The van der Waals surface area contributed by atoms with Crippen LogP contribution in [-0.2, 0) is 9.59 Å². The minimum Gasteiger partial charge on any atom is -0.507 e. The maximum absolute atomic E-state index is 13.2. The fourth-order valence-corrected chi connectivity index (χ4v) is 4.32. The molecule has 0 aliphatic carbocycles. The molecule has 1 aliphatic heterocycles. The third-order valence-electron chi connectivity index (χ3n) is 5.69. The number of hydrogen-bond donors (Lipinski definition) is 2. The number of halogens is 1. The molecule has 9 heteroatoms. The van der Waals surface area contributed by atoms with Crippen molar-refractivity contribution in [3.63, 3.8) is 0 Å². The number of methoxy groups -OCH3 is 1. The predicted molar refractivity (Wildman–Crippen MR) is 128 cm³/mol. The lowest BCUT2D eigenvalue weighted by Gasteiger charge is -2.22. The zero-order valence-corrected chi connectivity index (χ0v) is 19.0. The standard InChI is InChI=1S/C25H19ClN4O4/c1-13-6-8-16-18(11-13)29-25(28-16)30-21(17-5-3-4-10-27-17)20(23(32)24(30)33)22(31)14-7-9-19(34-2)15(26)12-14/h3-12,21,31H,1-2H3,(H,28,29)/b22-20+. The number of ketones is 1. The van der Waals surface area contributed by atoms with Crippen molar-refractivity contribution in [2.45, 2.75) is 13.0 Å². The molecule has 1 aliphatic rings. The van der Waals surface area contributed by atoms with Crippen LogP contribution in [0.2, 0.25) is 5.02 Å². The number of amides is 1. The fraction of sp³-hybridized carbons (Fsp3) is 0.120. The summed E-state index contributed by atoms with van der Waals surface area (Å²) in [7, 11) is 1.47. The quantitative estimate of drug-likeness (QED) is 0.255. The van der Waals surface area contributed by atoms with Gasteiger partial charge in [0.15, 0.2) is 0 Å². The van der Waals surface area contributed by atoms with Gasteiger partial charge in [-0.25, -0.2) is 4.98 Å². The Balaban J connectivity index is 1.71. The number of aromatic amines is 1. The monoisotopic (exact) mass is 474 g/mol. The zero-order valence-electron chi connectivity index (χ0n) is 18.2. The number of carbonyl (C=O) groups is 2. The largest absolute Gasteiger partial charge is 0.507 e. The number of anilines is 1. The number of aromatic nitrogens is 3. The van der Waals surface area contributed by atoms with Crippen LogP contribution in [0.3, 0.4) is 0 Å². The lowest BCUT2D eigenvalue weighted by Crippen LogP contribution is -2.30. The first-order valence-corrected chi connectivity index (χ1v) is 10.8. The summed E-state index contributed by atoms with van der Waals surface area (Å²) < 4.78 is 5.16. The average Bonchev–Trinajstić information content (AvgIpc) is 3.37. The molecule has 0 radical (unpaired) electrons. The van der Waals surface area contributed by atoms with Crippen LogP contribution < -0.4 is 9.64 Å². The van der Waals surface area contributed by atoms with Gasteiger partial charge in [0.1, 0.15) is 17.6 Å². The molecule has 170 valence electrons. The Morgan fingerprint density at radius 1 is 1.15 bits per heavy atom. The van der Waals surface area contributed by atoms with E-state index in [0.717, 1.165) is 11.1 Å². The maximum atomic E-state index is 13.2. The number of carbonyl (C=O) groups excluding carboxylic acids is 2. The molecular weight excluding hydrogens is 456 g/mol. The van der Waals surface area contributed by atoms with Crippen LogP contribution >= 0.6 is 11.6 Å². The van der Waals surface area contributed by atoms with Crippen molar-refractivity contribution in [2.24, 2.45) is 0 Å². The summed E-state index contributed by atoms with van der Waals surface area (Å²) in [6.07, 6.45) is 1.56. The molecule has 1 atom stereocenters. The number of benzene rings is 2. The third kappa shape index (κ3) is 3.48. The first kappa shape index (κ1) is 21.7. The molecule has 1 saturated heterocycles. The third-order valence-corrected chi connectivity index (χ3v) is 5.99. The second-order valence-corrected chi connectivity index (χ2v) is 8.26. The highest BCUT2D eigenvalue weighted by Crippen LogP contribution is 2.41. The molecule has 2 aromatic heterocycles. The van der Waals surface area contributed by atoms with Crippen molar-refractivity contribution in [3.8, 4) is 5.75 Å². The molecule has 0 saturated carbocycles. The number of nitrogens with zero attached hydrogens (tertiary/aromatic N) is 3. The van der Waals surface area contributed by atoms with Gasteiger partial charge in [-0.2, -0.15) is 0 Å². The van der Waals surface area contributed by atoms with Gasteiger partial charge in [0.25, 0.3) is 5.78 Å². The number of Topliss-reactive ketones (excluding diaryl/α,β-unsaturated/α-hetero) is 1. The predicted octanol–water partition coefficient (Wildman–Crippen LogP) is 4.55. The van der Waals surface area contributed by atoms with E-state index >= 15 is 0 Å². The van der Waals surface area contributed by atoms with E-state index in [4.69, 9.17) is 16.3 Å². The number of fused-ring (bicyclic) bond motifs is 1. The number of aliphatic hydroxyl groups excluding tert-OH is 1. The summed E-state index contributed by atoms with van der Waals surface area (Å²) in [6, 6.07) is 14.4. The van der Waals surface area contributed by atoms with Crippen LogP contribution in [0, 0.1) is 6.92 Å². The lowest BCUT2D eigenvalue weighted by molar-refractivity contribution is -0.132. The summed E-state index contributed by atoms with van der Waals surface area (Å²) in [5, 5.41) is 11.4. The molecule has 0 spiro atoms. The van der Waals surface area contributed by atoms with Crippen molar-refractivity contribution in [1.82, 2.24) is 15.0 Å². The lowest BCUT2D eigenvalue weighted by atomic mass is 9.98. The maximum Gasteiger partial charge on any atom is 0.302 e. The van der Waals surface area contributed by atoms with E-state index in [-0.39, 0.29) is 27.9 Å². The van der Waals surface area contributed by atoms with Crippen molar-refractivity contribution in [2.75, 3.05) is 12.0 Å². The van der Waals surface area contributed by atoms with Gasteiger partial charge in [-0.05, 0) is 55.0 Å². The number of ether oxygens (including phenoxy) is 1. The van der Waals surface area contributed by atoms with E-state index in [1.54, 1.807) is 36.5 Å². The first-order chi connectivity index (χ1) is 16.4. The van der Waals surface area contributed by atoms with E-state index in [2.05, 4.69) is 15.0 Å². The van der Waals surface area contributed by atoms with Crippen LogP contribution in [0.5, 0.6) is 5.75 Å². The molecule has 5 rings (SSSR count). The molecule has 1 fully saturated rings. The van der Waals surface area contributed by atoms with E-state index in [1.807, 2.05) is 25.1 Å². The van der Waals surface area contributed by atoms with Gasteiger partial charge in [0.2, 0.25) is 5.95 Å². The van der Waals surface area contributed by atoms with Gasteiger partial charge < -0.3 is 14.8 Å². The Hall–Kier alpha value is -4.17. The summed E-state index contributed by atoms with van der Waals surface area (Å²) in [6.45, 7) is 1.94. The topological polar surface area (TPSA) is 108 Å². The van der Waals surface area contributed by atoms with E-state index in [1.165, 1.54) is 18.1 Å². The van der Waals surface area contributed by atoms with Crippen LogP contribution in [0.25, 0.3) is 16.8 Å². The highest BCUT2D eigenvalue weighted by molar-refractivity contribution is 6.51. The highest BCUT2D eigenvalue weighted by Gasteiger charge is 2.48. The Morgan fingerprint density at radius 2 is 1.97 bits per heavy atom. The Kier molecular flexibility index (Phi) is 5.30. The number of aliphatic hydroxyl groups is 1. The molecule has 8 nitrogen and oxygen atoms in total. The molecule has 1 unspecified atom stereocenters. The smallest absolute Gasteiger partial charge is 0.302 e. The minimum atomic E-state index is -0.997. The molecule has 2 N–H and O–H groups in total. The number of aryl methyl sites for hydroxylation is 1. The zero-order chi connectivity index (χ0) is 24.0. The Bertz CT molecular complexity index is 1480. The van der Waals surface area contributed by atoms with E-state index in [0.29, 0.717) is 17.0 Å². The molecule has 0 bridgehead atoms. The normalized spacial score (nSPS) is 17.5. The molecule has 4 aromatic rings. The number of H-pyrrole nitrogens is 1. The summed E-state index contributed by atoms with van der Waals surface area (Å²) in [4.78, 5) is 39.7. The Labute approximate surface area is 199 Å². The van der Waals surface area contributed by atoms with Gasteiger partial charge in [-0.15, -0.1) is 0 Å². The van der Waals surface area contributed by atoms with Gasteiger partial charge >= 0.3 is 5.91 Å². The van der Waals surface area contributed by atoms with Gasteiger partial charge in [-0.1, -0.05) is 23.7 Å². The van der Waals surface area contributed by atoms with Crippen molar-refractivity contribution in [1.29, 1.82) is 0 Å². The second kappa shape index (κ2) is 8.31. The van der Waals surface area contributed by atoms with Crippen LogP contribution in [0.1, 0.15) is 22.9 Å². The second-order valence-electron chi connectivity index (χ2n) is 7.85. The van der Waals surface area contributed by atoms with Crippen LogP contribution in [0.4, 0.5) is 5.95 Å². The molecule has 1 amide bonds. The van der Waals surface area contributed by atoms with Crippen molar-refractivity contribution < 1.29 is 19.4 Å². The summed E-state index contributed by atoms with van der Waals surface area (Å²) >= 11 is 6.23. The molecule has 2 aromatic carbocycles. The van der Waals surface area contributed by atoms with Gasteiger partial charge in [-0.3, -0.25) is 19.5 Å². The molecule has 34 heavy (non-hydrogen) atoms. The summed E-state index contributed by atoms with van der Waals surface area (Å²) in [5.41, 5.74) is 2.94. The first-order valence-electron chi connectivity index (χ1n) is 10.4. The number of rotatable bonds is 4. The van der Waals surface area contributed by atoms with Crippen molar-refractivity contribution >= 4 is 46.0 Å². The highest BCUT2D eigenvalue weighted by atomic mass is 35.5.